The van der Waals surface area contributed by atoms with Crippen LogP contribution in [0.25, 0.3) is 0 Å². The van der Waals surface area contributed by atoms with Crippen molar-refractivity contribution in [3.05, 3.63) is 35.4 Å². The van der Waals surface area contributed by atoms with Crippen molar-refractivity contribution in [3.8, 4) is 0 Å². The Morgan fingerprint density at radius 1 is 1.38 bits per heavy atom. The quantitative estimate of drug-likeness (QED) is 0.869. The second kappa shape index (κ2) is 7.57. The van der Waals surface area contributed by atoms with E-state index in [2.05, 4.69) is 29.3 Å². The Morgan fingerprint density at radius 3 is 2.67 bits per heavy atom. The van der Waals surface area contributed by atoms with Crippen LogP contribution in [0.1, 0.15) is 36.9 Å². The SMILES string of the molecule is Cc1ccccc1C(C)NC(=O)CN1CCC(CN)CC1. The molecule has 1 saturated heterocycles. The second-order valence-electron chi connectivity index (χ2n) is 6.10. The first-order valence-electron chi connectivity index (χ1n) is 7.87. The first-order chi connectivity index (χ1) is 10.1. The van der Waals surface area contributed by atoms with Gasteiger partial charge in [-0.2, -0.15) is 0 Å². The maximum absolute atomic E-state index is 12.2. The van der Waals surface area contributed by atoms with E-state index < -0.39 is 0 Å². The van der Waals surface area contributed by atoms with Crippen molar-refractivity contribution in [2.75, 3.05) is 26.2 Å². The lowest BCUT2D eigenvalue weighted by Gasteiger charge is -2.31. The first kappa shape index (κ1) is 16.0. The number of aryl methyl sites for hydroxylation is 1. The molecule has 0 saturated carbocycles. The van der Waals surface area contributed by atoms with E-state index in [0.29, 0.717) is 12.5 Å². The molecule has 0 spiro atoms. The monoisotopic (exact) mass is 289 g/mol. The molecule has 1 fully saturated rings. The summed E-state index contributed by atoms with van der Waals surface area (Å²) in [5.41, 5.74) is 8.10. The van der Waals surface area contributed by atoms with Crippen LogP contribution in [0.15, 0.2) is 24.3 Å². The zero-order valence-corrected chi connectivity index (χ0v) is 13.1. The molecule has 1 amide bonds. The average molecular weight is 289 g/mol. The summed E-state index contributed by atoms with van der Waals surface area (Å²) >= 11 is 0. The Kier molecular flexibility index (Phi) is 5.76. The van der Waals surface area contributed by atoms with Gasteiger partial charge in [0.15, 0.2) is 0 Å². The number of carbonyl (C=O) groups excluding carboxylic acids is 1. The maximum atomic E-state index is 12.2. The number of piperidine rings is 1. The molecule has 1 atom stereocenters. The van der Waals surface area contributed by atoms with Gasteiger partial charge < -0.3 is 11.1 Å². The third-order valence-corrected chi connectivity index (χ3v) is 4.44. The topological polar surface area (TPSA) is 58.4 Å². The van der Waals surface area contributed by atoms with Gasteiger partial charge in [-0.25, -0.2) is 0 Å². The summed E-state index contributed by atoms with van der Waals surface area (Å²) in [6, 6.07) is 8.25. The van der Waals surface area contributed by atoms with Crippen molar-refractivity contribution in [2.24, 2.45) is 11.7 Å². The minimum atomic E-state index is 0.0558. The fourth-order valence-electron chi connectivity index (χ4n) is 3.02. The molecule has 0 aliphatic carbocycles. The third-order valence-electron chi connectivity index (χ3n) is 4.44. The highest BCUT2D eigenvalue weighted by Gasteiger charge is 2.20. The number of hydrogen-bond acceptors (Lipinski definition) is 3. The summed E-state index contributed by atoms with van der Waals surface area (Å²) in [5.74, 6) is 0.743. The van der Waals surface area contributed by atoms with Gasteiger partial charge in [-0.3, -0.25) is 9.69 Å². The average Bonchev–Trinajstić information content (AvgIpc) is 2.48. The van der Waals surface area contributed by atoms with Crippen LogP contribution in [0.4, 0.5) is 0 Å². The Morgan fingerprint density at radius 2 is 2.05 bits per heavy atom. The summed E-state index contributed by atoms with van der Waals surface area (Å²) in [5, 5.41) is 3.10. The van der Waals surface area contributed by atoms with E-state index in [1.807, 2.05) is 19.1 Å². The molecule has 1 unspecified atom stereocenters. The van der Waals surface area contributed by atoms with Crippen LogP contribution in [-0.4, -0.2) is 37.0 Å². The van der Waals surface area contributed by atoms with Gasteiger partial charge in [-0.05, 0) is 63.4 Å². The smallest absolute Gasteiger partial charge is 0.234 e. The third kappa shape index (κ3) is 4.55. The first-order valence-corrected chi connectivity index (χ1v) is 7.87. The van der Waals surface area contributed by atoms with Gasteiger partial charge in [-0.1, -0.05) is 24.3 Å². The van der Waals surface area contributed by atoms with Crippen LogP contribution >= 0.6 is 0 Å². The fourth-order valence-corrected chi connectivity index (χ4v) is 3.02. The van der Waals surface area contributed by atoms with Gasteiger partial charge in [0.25, 0.3) is 0 Å². The molecule has 4 heteroatoms. The summed E-state index contributed by atoms with van der Waals surface area (Å²) in [7, 11) is 0. The lowest BCUT2D eigenvalue weighted by molar-refractivity contribution is -0.123. The van der Waals surface area contributed by atoms with Crippen molar-refractivity contribution in [3.63, 3.8) is 0 Å². The van der Waals surface area contributed by atoms with E-state index in [4.69, 9.17) is 5.73 Å². The largest absolute Gasteiger partial charge is 0.348 e. The van der Waals surface area contributed by atoms with E-state index in [0.717, 1.165) is 32.5 Å². The zero-order chi connectivity index (χ0) is 15.2. The minimum absolute atomic E-state index is 0.0558. The summed E-state index contributed by atoms with van der Waals surface area (Å²) < 4.78 is 0. The standard InChI is InChI=1S/C17H27N3O/c1-13-5-3-4-6-16(13)14(2)19-17(21)12-20-9-7-15(11-18)8-10-20/h3-6,14-15H,7-12,18H2,1-2H3,(H,19,21). The molecule has 3 N–H and O–H groups in total. The molecular formula is C17H27N3O. The van der Waals surface area contributed by atoms with E-state index in [-0.39, 0.29) is 11.9 Å². The van der Waals surface area contributed by atoms with Crippen molar-refractivity contribution in [2.45, 2.75) is 32.7 Å². The molecule has 1 aliphatic rings. The van der Waals surface area contributed by atoms with Crippen LogP contribution in [0.3, 0.4) is 0 Å². The summed E-state index contributed by atoms with van der Waals surface area (Å²) in [4.78, 5) is 14.4. The second-order valence-corrected chi connectivity index (χ2v) is 6.10. The predicted molar refractivity (Wildman–Crippen MR) is 86.0 cm³/mol. The highest BCUT2D eigenvalue weighted by atomic mass is 16.2. The number of benzene rings is 1. The summed E-state index contributed by atoms with van der Waals surface area (Å²) in [6.07, 6.45) is 2.22. The van der Waals surface area contributed by atoms with Gasteiger partial charge in [0.05, 0.1) is 12.6 Å². The van der Waals surface area contributed by atoms with E-state index >= 15 is 0 Å². The molecule has 2 rings (SSSR count). The highest BCUT2D eigenvalue weighted by molar-refractivity contribution is 5.78. The van der Waals surface area contributed by atoms with E-state index in [9.17, 15) is 4.79 Å². The molecule has 0 aromatic heterocycles. The molecule has 0 radical (unpaired) electrons. The predicted octanol–water partition coefficient (Wildman–Crippen LogP) is 1.84. The van der Waals surface area contributed by atoms with Crippen molar-refractivity contribution < 1.29 is 4.79 Å². The minimum Gasteiger partial charge on any atom is -0.348 e. The summed E-state index contributed by atoms with van der Waals surface area (Å²) in [6.45, 7) is 7.34. The van der Waals surface area contributed by atoms with Gasteiger partial charge in [-0.15, -0.1) is 0 Å². The molecule has 116 valence electrons. The number of carbonyl (C=O) groups is 1. The van der Waals surface area contributed by atoms with Gasteiger partial charge >= 0.3 is 0 Å². The van der Waals surface area contributed by atoms with Gasteiger partial charge in [0.2, 0.25) is 5.91 Å². The van der Waals surface area contributed by atoms with Crippen molar-refractivity contribution >= 4 is 5.91 Å². The Hall–Kier alpha value is -1.39. The Labute approximate surface area is 127 Å². The molecule has 1 heterocycles. The van der Waals surface area contributed by atoms with Crippen molar-refractivity contribution in [1.82, 2.24) is 10.2 Å². The number of hydrogen-bond donors (Lipinski definition) is 2. The van der Waals surface area contributed by atoms with Gasteiger partial charge in [0, 0.05) is 0 Å². The lowest BCUT2D eigenvalue weighted by atomic mass is 9.97. The van der Waals surface area contributed by atoms with Crippen LogP contribution < -0.4 is 11.1 Å². The van der Waals surface area contributed by atoms with Crippen LogP contribution in [-0.2, 0) is 4.79 Å². The number of nitrogens with zero attached hydrogens (tertiary/aromatic N) is 1. The van der Waals surface area contributed by atoms with Crippen LogP contribution in [0.5, 0.6) is 0 Å². The number of amides is 1. The van der Waals surface area contributed by atoms with Gasteiger partial charge in [0.1, 0.15) is 0 Å². The normalized spacial score (nSPS) is 18.4. The molecule has 4 nitrogen and oxygen atoms in total. The molecule has 1 aromatic carbocycles. The number of rotatable bonds is 5. The fraction of sp³-hybridized carbons (Fsp3) is 0.588. The zero-order valence-electron chi connectivity index (χ0n) is 13.1. The number of nitrogens with one attached hydrogen (secondary N) is 1. The molecule has 1 aliphatic heterocycles. The highest BCUT2D eigenvalue weighted by Crippen LogP contribution is 2.17. The Bertz CT molecular complexity index is 467. The molecular weight excluding hydrogens is 262 g/mol. The van der Waals surface area contributed by atoms with Crippen molar-refractivity contribution in [1.29, 1.82) is 0 Å². The Balaban J connectivity index is 1.81. The van der Waals surface area contributed by atoms with Crippen LogP contribution in [0.2, 0.25) is 0 Å². The van der Waals surface area contributed by atoms with E-state index in [1.54, 1.807) is 0 Å². The number of likely N-dealkylation sites (tertiary alicyclic amines) is 1. The molecule has 0 bridgehead atoms. The van der Waals surface area contributed by atoms with Crippen LogP contribution in [0, 0.1) is 12.8 Å². The maximum Gasteiger partial charge on any atom is 0.234 e. The molecule has 21 heavy (non-hydrogen) atoms. The lowest BCUT2D eigenvalue weighted by Crippen LogP contribution is -2.43. The molecule has 1 aromatic rings. The number of nitrogens with two attached hydrogens (primary N) is 1. The van der Waals surface area contributed by atoms with E-state index in [1.165, 1.54) is 11.1 Å².